The van der Waals surface area contributed by atoms with Crippen LogP contribution in [0.4, 0.5) is 0 Å². The number of ether oxygens (including phenoxy) is 7. The third-order valence-corrected chi connectivity index (χ3v) is 8.93. The molecule has 0 saturated carbocycles. The summed E-state index contributed by atoms with van der Waals surface area (Å²) in [5.41, 5.74) is 0.825. The van der Waals surface area contributed by atoms with Crippen LogP contribution >= 0.6 is 0 Å². The second-order valence-electron chi connectivity index (χ2n) is 12.7. The van der Waals surface area contributed by atoms with E-state index in [4.69, 9.17) is 33.2 Å². The Morgan fingerprint density at radius 1 is 0.736 bits per heavy atom. The standard InChI is InChI=1S/C34H44O19/c35-12-23-27(44)28(45)29(46)33(49-23)53-31-30(51-25(43)6-3-15-1-4-17(37)19(39)9-15)24(13-36)50-34(32(31)52-26-11-21(41)22(42)14-48-26)47-8-7-16-2-5-18(38)20(40)10-16/h1-6,9-10,21-24,26-42,44-46H,7-8,11-14H2. The third kappa shape index (κ3) is 9.91. The maximum Gasteiger partial charge on any atom is 0.331 e. The van der Waals surface area contributed by atoms with Gasteiger partial charge in [-0.1, -0.05) is 12.1 Å². The van der Waals surface area contributed by atoms with E-state index in [2.05, 4.69) is 0 Å². The maximum atomic E-state index is 13.2. The normalized spacial score (nSPS) is 35.0. The van der Waals surface area contributed by atoms with E-state index in [-0.39, 0.29) is 43.1 Å². The summed E-state index contributed by atoms with van der Waals surface area (Å²) in [6.07, 6.45) is -18.2. The first kappa shape index (κ1) is 40.5. The SMILES string of the molecule is O=C(C=Cc1ccc(O)c(O)c1)OC1C(CO)OC(OCCc2ccc(O)c(O)c2)C(OC2CC(O)C(O)CO2)C1OC1OC(CO)C(O)C(O)C1O. The molecule has 19 heteroatoms. The molecule has 53 heavy (non-hydrogen) atoms. The molecule has 2 aromatic carbocycles. The van der Waals surface area contributed by atoms with Gasteiger partial charge in [0, 0.05) is 12.5 Å². The molecule has 0 bridgehead atoms. The molecule has 13 atom stereocenters. The molecule has 3 fully saturated rings. The van der Waals surface area contributed by atoms with Gasteiger partial charge in [0.2, 0.25) is 0 Å². The number of esters is 1. The van der Waals surface area contributed by atoms with Crippen LogP contribution in [0.2, 0.25) is 0 Å². The Kier molecular flexibility index (Phi) is 13.8. The topological polar surface area (TPSA) is 304 Å². The van der Waals surface area contributed by atoms with Crippen molar-refractivity contribution in [1.29, 1.82) is 0 Å². The number of phenols is 4. The predicted octanol–water partition coefficient (Wildman–Crippen LogP) is -2.55. The first-order valence-electron chi connectivity index (χ1n) is 16.7. The van der Waals surface area contributed by atoms with E-state index in [1.165, 1.54) is 42.5 Å². The van der Waals surface area contributed by atoms with Gasteiger partial charge in [0.15, 0.2) is 48.0 Å². The van der Waals surface area contributed by atoms with Crippen molar-refractivity contribution in [3.63, 3.8) is 0 Å². The van der Waals surface area contributed by atoms with Crippen LogP contribution in [0.25, 0.3) is 6.08 Å². The van der Waals surface area contributed by atoms with E-state index in [1.54, 1.807) is 0 Å². The number of hydrogen-bond acceptors (Lipinski definition) is 19. The van der Waals surface area contributed by atoms with E-state index in [0.717, 1.165) is 6.08 Å². The molecule has 0 radical (unpaired) electrons. The molecule has 0 spiro atoms. The van der Waals surface area contributed by atoms with Crippen LogP contribution in [-0.2, 0) is 44.4 Å². The van der Waals surface area contributed by atoms with E-state index in [0.29, 0.717) is 5.56 Å². The Morgan fingerprint density at radius 3 is 2.08 bits per heavy atom. The highest BCUT2D eigenvalue weighted by atomic mass is 16.8. The Morgan fingerprint density at radius 2 is 1.42 bits per heavy atom. The number of rotatable bonds is 13. The highest BCUT2D eigenvalue weighted by Gasteiger charge is 2.54. The van der Waals surface area contributed by atoms with Crippen molar-refractivity contribution in [3.05, 3.63) is 53.6 Å². The molecular weight excluding hydrogens is 712 g/mol. The number of hydrogen-bond donors (Lipinski definition) is 11. The van der Waals surface area contributed by atoms with Gasteiger partial charge in [-0.15, -0.1) is 0 Å². The number of aromatic hydroxyl groups is 4. The number of aliphatic hydroxyl groups excluding tert-OH is 7. The lowest BCUT2D eigenvalue weighted by Gasteiger charge is -2.48. The molecule has 3 aliphatic rings. The average molecular weight is 757 g/mol. The summed E-state index contributed by atoms with van der Waals surface area (Å²) >= 11 is 0. The lowest BCUT2D eigenvalue weighted by atomic mass is 9.96. The molecule has 19 nitrogen and oxygen atoms in total. The van der Waals surface area contributed by atoms with Gasteiger partial charge in [0.25, 0.3) is 0 Å². The highest BCUT2D eigenvalue weighted by Crippen LogP contribution is 2.35. The third-order valence-electron chi connectivity index (χ3n) is 8.93. The highest BCUT2D eigenvalue weighted by molar-refractivity contribution is 5.87. The van der Waals surface area contributed by atoms with Gasteiger partial charge in [-0.3, -0.25) is 0 Å². The largest absolute Gasteiger partial charge is 0.504 e. The van der Waals surface area contributed by atoms with Crippen LogP contribution in [0.3, 0.4) is 0 Å². The molecule has 13 unspecified atom stereocenters. The first-order chi connectivity index (χ1) is 25.3. The quantitative estimate of drug-likeness (QED) is 0.0569. The zero-order chi connectivity index (χ0) is 38.4. The van der Waals surface area contributed by atoms with Crippen LogP contribution in [0, 0.1) is 0 Å². The number of carbonyl (C=O) groups is 1. The van der Waals surface area contributed by atoms with Crippen LogP contribution < -0.4 is 0 Å². The van der Waals surface area contributed by atoms with Gasteiger partial charge in [0.05, 0.1) is 32.5 Å². The molecule has 0 aliphatic carbocycles. The van der Waals surface area contributed by atoms with E-state index >= 15 is 0 Å². The summed E-state index contributed by atoms with van der Waals surface area (Å²) in [4.78, 5) is 13.2. The molecule has 3 saturated heterocycles. The summed E-state index contributed by atoms with van der Waals surface area (Å²) in [5.74, 6) is -2.60. The Hall–Kier alpha value is -3.67. The van der Waals surface area contributed by atoms with Crippen LogP contribution in [0.1, 0.15) is 17.5 Å². The maximum absolute atomic E-state index is 13.2. The molecular formula is C34H44O19. The second kappa shape index (κ2) is 18.1. The number of carbonyl (C=O) groups excluding carboxylic acids is 1. The van der Waals surface area contributed by atoms with E-state index < -0.39 is 111 Å². The van der Waals surface area contributed by atoms with Crippen molar-refractivity contribution in [2.75, 3.05) is 26.4 Å². The van der Waals surface area contributed by atoms with Crippen molar-refractivity contribution in [2.45, 2.75) is 92.8 Å². The van der Waals surface area contributed by atoms with Crippen molar-refractivity contribution in [2.24, 2.45) is 0 Å². The summed E-state index contributed by atoms with van der Waals surface area (Å²) in [6, 6.07) is 7.87. The Balaban J connectivity index is 1.47. The van der Waals surface area contributed by atoms with Crippen molar-refractivity contribution < 1.29 is 94.1 Å². The smallest absolute Gasteiger partial charge is 0.331 e. The van der Waals surface area contributed by atoms with Crippen LogP contribution in [-0.4, -0.2) is 168 Å². The molecule has 5 rings (SSSR count). The predicted molar refractivity (Wildman–Crippen MR) is 174 cm³/mol. The second-order valence-corrected chi connectivity index (χ2v) is 12.7. The monoisotopic (exact) mass is 756 g/mol. The minimum atomic E-state index is -1.94. The van der Waals surface area contributed by atoms with Gasteiger partial charge < -0.3 is 89.3 Å². The molecule has 2 aromatic rings. The average Bonchev–Trinajstić information content (AvgIpc) is 3.13. The first-order valence-corrected chi connectivity index (χ1v) is 16.7. The van der Waals surface area contributed by atoms with Gasteiger partial charge in [0.1, 0.15) is 48.8 Å². The minimum absolute atomic E-state index is 0.140. The van der Waals surface area contributed by atoms with E-state index in [1.807, 2.05) is 0 Å². The van der Waals surface area contributed by atoms with Gasteiger partial charge in [-0.25, -0.2) is 4.79 Å². The Labute approximate surface area is 302 Å². The fraction of sp³-hybridized carbons (Fsp3) is 0.559. The number of phenolic OH excluding ortho intramolecular Hbond substituents is 4. The fourth-order valence-electron chi connectivity index (χ4n) is 5.94. The van der Waals surface area contributed by atoms with Crippen LogP contribution in [0.5, 0.6) is 23.0 Å². The van der Waals surface area contributed by atoms with Gasteiger partial charge in [-0.2, -0.15) is 0 Å². The minimum Gasteiger partial charge on any atom is -0.504 e. The summed E-state index contributed by atoms with van der Waals surface area (Å²) in [7, 11) is 0. The van der Waals surface area contributed by atoms with Crippen LogP contribution in [0.15, 0.2) is 42.5 Å². The summed E-state index contributed by atoms with van der Waals surface area (Å²) in [5, 5.41) is 111. The summed E-state index contributed by atoms with van der Waals surface area (Å²) < 4.78 is 41.2. The molecule has 0 aromatic heterocycles. The van der Waals surface area contributed by atoms with Gasteiger partial charge in [-0.05, 0) is 47.9 Å². The molecule has 294 valence electrons. The number of benzene rings is 2. The lowest BCUT2D eigenvalue weighted by molar-refractivity contribution is -0.379. The van der Waals surface area contributed by atoms with Crippen molar-refractivity contribution in [3.8, 4) is 23.0 Å². The van der Waals surface area contributed by atoms with E-state index in [9.17, 15) is 61.0 Å². The zero-order valence-corrected chi connectivity index (χ0v) is 28.1. The Bertz CT molecular complexity index is 1540. The zero-order valence-electron chi connectivity index (χ0n) is 28.1. The summed E-state index contributed by atoms with van der Waals surface area (Å²) in [6.45, 7) is -2.10. The van der Waals surface area contributed by atoms with Crippen molar-refractivity contribution in [1.82, 2.24) is 0 Å². The molecule has 3 aliphatic heterocycles. The molecule has 0 amide bonds. The molecule has 11 N–H and O–H groups in total. The molecule has 3 heterocycles. The van der Waals surface area contributed by atoms with Gasteiger partial charge >= 0.3 is 5.97 Å². The number of aliphatic hydroxyl groups is 7. The fourth-order valence-corrected chi connectivity index (χ4v) is 5.94. The lowest BCUT2D eigenvalue weighted by Crippen LogP contribution is -2.66. The van der Waals surface area contributed by atoms with Crippen molar-refractivity contribution >= 4 is 12.0 Å².